The lowest BCUT2D eigenvalue weighted by atomic mass is 9.49. The Labute approximate surface area is 473 Å². The summed E-state index contributed by atoms with van der Waals surface area (Å²) < 4.78 is 11.6. The number of methoxy groups -OCH3 is 1. The molecule has 2 saturated carbocycles. The number of phenols is 1. The fraction of sp³-hybridized carbons (Fsp3) is 0.618. The standard InChI is InChI=1S/C55H82N14O10.ClH/c1-6-31(4)43(50(75)78-5)66-47(72)37(15-11-24-61-52(58)59)62-46(71)36(14-10-23-60-51(56)57)63-48(73)38(26-30(2)3)64-49(74)39(27-32-12-8-7-9-13-32)65-53(76)68-67-35-20-21-55(77)41-28-34-18-19-40(70)44-42(34)54(55,45(35)79-44)22-25-69(41)29-33-16-17-33;/h7-9,12-13,18-19,30-31,33,36-39,41,43,45,70,77H,6,10-11,14-17,20-29H2,1-5H3,(H,62,71)(H,63,73)(H,64,74)(H,66,72)(H4,56,57,60)(H4,58,59,61)(H2,65,68,76);1H/b67-35-;/t31-,36-,37-,38-,39-,41+,43-,45-,54-,55+;/m0./s1. The Morgan fingerprint density at radius 2 is 1.41 bits per heavy atom. The van der Waals surface area contributed by atoms with E-state index in [1.54, 1.807) is 37.3 Å². The largest absolute Gasteiger partial charge is 0.504 e. The number of nitrogens with zero attached hydrogens (tertiary/aromatic N) is 4. The van der Waals surface area contributed by atoms with E-state index in [2.05, 4.69) is 52.0 Å². The Bertz CT molecular complexity index is 2630. The summed E-state index contributed by atoms with van der Waals surface area (Å²) in [7, 11) is 1.21. The minimum atomic E-state index is -1.28. The number of aromatic hydroxyl groups is 1. The van der Waals surface area contributed by atoms with Gasteiger partial charge >= 0.3 is 12.0 Å². The summed E-state index contributed by atoms with van der Waals surface area (Å²) in [6.45, 7) is 9.23. The molecule has 0 aromatic heterocycles. The second-order valence-corrected chi connectivity index (χ2v) is 22.3. The number of benzene rings is 2. The third-order valence-electron chi connectivity index (χ3n) is 16.2. The third kappa shape index (κ3) is 14.5. The number of piperidine rings is 1. The Hall–Kier alpha value is -6.92. The first-order valence-electron chi connectivity index (χ1n) is 27.7. The molecule has 0 radical (unpaired) electrons. The molecule has 1 spiro atoms. The van der Waals surface area contributed by atoms with Gasteiger partial charge in [-0.05, 0) is 112 Å². The number of halogens is 1. The van der Waals surface area contributed by atoms with Crippen molar-refractivity contribution in [1.29, 1.82) is 0 Å². The number of carbonyl (C=O) groups excluding carboxylic acids is 6. The van der Waals surface area contributed by atoms with Crippen molar-refractivity contribution in [3.8, 4) is 11.5 Å². The van der Waals surface area contributed by atoms with Crippen molar-refractivity contribution in [2.75, 3.05) is 33.3 Å². The molecule has 6 amide bonds. The molecule has 3 fully saturated rings. The van der Waals surface area contributed by atoms with Gasteiger partial charge in [0.15, 0.2) is 29.5 Å². The maximum absolute atomic E-state index is 14.6. The summed E-state index contributed by atoms with van der Waals surface area (Å²) in [5.41, 5.74) is 25.8. The number of esters is 1. The van der Waals surface area contributed by atoms with Crippen LogP contribution in [-0.4, -0.2) is 150 Å². The van der Waals surface area contributed by atoms with Gasteiger partial charge in [-0.25, -0.2) is 15.0 Å². The number of aliphatic imine (C=N–C) groups is 2. The number of nitrogens with two attached hydrogens (primary N) is 4. The number of aliphatic hydroxyl groups is 1. The number of likely N-dealkylation sites (tertiary alicyclic amines) is 1. The highest BCUT2D eigenvalue weighted by Gasteiger charge is 2.72. The molecule has 2 heterocycles. The summed E-state index contributed by atoms with van der Waals surface area (Å²) >= 11 is 0. The highest BCUT2D eigenvalue weighted by Crippen LogP contribution is 2.65. The Kier molecular flexibility index (Phi) is 21.4. The number of guanidine groups is 2. The summed E-state index contributed by atoms with van der Waals surface area (Å²) in [5, 5.41) is 42.5. The Balaban J connectivity index is 0.0000103. The van der Waals surface area contributed by atoms with E-state index in [1.807, 2.05) is 32.9 Å². The van der Waals surface area contributed by atoms with Crippen LogP contribution in [-0.2, 0) is 47.0 Å². The van der Waals surface area contributed by atoms with Crippen LogP contribution in [0.1, 0.15) is 115 Å². The first-order valence-corrected chi connectivity index (χ1v) is 27.7. The molecule has 2 aliphatic heterocycles. The monoisotopic (exact) mass is 1130 g/mol. The van der Waals surface area contributed by atoms with Gasteiger partial charge in [0.05, 0.1) is 23.8 Å². The molecule has 7 rings (SSSR count). The molecule has 10 atom stereocenters. The normalized spacial score (nSPS) is 23.2. The van der Waals surface area contributed by atoms with Crippen molar-refractivity contribution in [2.45, 2.75) is 165 Å². The van der Waals surface area contributed by atoms with Crippen molar-refractivity contribution >= 4 is 65.7 Å². The van der Waals surface area contributed by atoms with Crippen LogP contribution in [0.25, 0.3) is 0 Å². The van der Waals surface area contributed by atoms with Gasteiger partial charge in [-0.1, -0.05) is 70.5 Å². The molecular weight excluding hydrogens is 1050 g/mol. The minimum absolute atomic E-state index is 0. The molecule has 2 aromatic rings. The van der Waals surface area contributed by atoms with Crippen molar-refractivity contribution < 1.29 is 48.5 Å². The van der Waals surface area contributed by atoms with E-state index < -0.39 is 83.0 Å². The lowest BCUT2D eigenvalue weighted by Crippen LogP contribution is -2.76. The zero-order chi connectivity index (χ0) is 57.2. The molecule has 25 heteroatoms. The maximum Gasteiger partial charge on any atom is 0.335 e. The van der Waals surface area contributed by atoms with Gasteiger partial charge in [0.1, 0.15) is 30.2 Å². The SMILES string of the molecule is CC[C@H](C)[C@H](NC(=O)[C@H](CCCN=C(N)N)NC(=O)[C@H](CCCN=C(N)N)NC(=O)[C@H](CC(C)C)NC(=O)[C@H](Cc1ccccc1)NC(=O)N/N=C1/CC[C@@]2(O)[C@H]3Cc4ccc(O)c5c4[C@@]2(CCN3CC2CC2)[C@H]1O5)C(=O)OC.Cl. The van der Waals surface area contributed by atoms with E-state index in [1.165, 1.54) is 20.0 Å². The molecule has 5 aliphatic rings. The van der Waals surface area contributed by atoms with Gasteiger partial charge in [-0.2, -0.15) is 5.10 Å². The van der Waals surface area contributed by atoms with Crippen LogP contribution >= 0.6 is 12.4 Å². The van der Waals surface area contributed by atoms with Gasteiger partial charge in [-0.3, -0.25) is 34.1 Å². The Morgan fingerprint density at radius 1 is 0.812 bits per heavy atom. The van der Waals surface area contributed by atoms with Crippen LogP contribution in [0.5, 0.6) is 11.5 Å². The number of hydrazone groups is 1. The molecule has 2 bridgehead atoms. The smallest absolute Gasteiger partial charge is 0.335 e. The van der Waals surface area contributed by atoms with Gasteiger partial charge in [-0.15, -0.1) is 12.4 Å². The molecule has 80 heavy (non-hydrogen) atoms. The second kappa shape index (κ2) is 27.5. The summed E-state index contributed by atoms with van der Waals surface area (Å²) in [6, 6.07) is 5.59. The van der Waals surface area contributed by atoms with Crippen molar-refractivity contribution in [3.05, 3.63) is 59.2 Å². The number of amides is 6. The Morgan fingerprint density at radius 3 is 2.00 bits per heavy atom. The average Bonchev–Trinajstić information content (AvgIpc) is 4.31. The van der Waals surface area contributed by atoms with Crippen LogP contribution in [0, 0.1) is 17.8 Å². The first kappa shape index (κ1) is 62.3. The third-order valence-corrected chi connectivity index (χ3v) is 16.2. The van der Waals surface area contributed by atoms with Crippen molar-refractivity contribution in [1.82, 2.24) is 36.9 Å². The molecule has 0 unspecified atom stereocenters. The van der Waals surface area contributed by atoms with Crippen molar-refractivity contribution in [2.24, 2.45) is 55.8 Å². The zero-order valence-corrected chi connectivity index (χ0v) is 47.3. The van der Waals surface area contributed by atoms with Crippen LogP contribution < -0.4 is 59.7 Å². The topological polar surface area (TPSA) is 378 Å². The number of nitrogens with one attached hydrogen (secondary N) is 6. The van der Waals surface area contributed by atoms with Gasteiger partial charge in [0.25, 0.3) is 0 Å². The summed E-state index contributed by atoms with van der Waals surface area (Å²) in [5.74, 6) is -3.40. The number of hydrogen-bond donors (Lipinski definition) is 12. The number of carbonyl (C=O) groups is 6. The molecule has 1 saturated heterocycles. The quantitative estimate of drug-likeness (QED) is 0.0195. The zero-order valence-electron chi connectivity index (χ0n) is 46.5. The predicted molar refractivity (Wildman–Crippen MR) is 304 cm³/mol. The number of rotatable bonds is 27. The van der Waals surface area contributed by atoms with Gasteiger partial charge in [0.2, 0.25) is 23.6 Å². The van der Waals surface area contributed by atoms with E-state index in [9.17, 15) is 39.0 Å². The van der Waals surface area contributed by atoms with E-state index in [0.29, 0.717) is 55.0 Å². The molecule has 16 N–H and O–H groups in total. The predicted octanol–water partition coefficient (Wildman–Crippen LogP) is 0.956. The second-order valence-electron chi connectivity index (χ2n) is 22.3. The number of urea groups is 1. The fourth-order valence-electron chi connectivity index (χ4n) is 11.9. The van der Waals surface area contributed by atoms with E-state index in [4.69, 9.17) is 32.4 Å². The number of ether oxygens (including phenoxy) is 2. The lowest BCUT2D eigenvalue weighted by Gasteiger charge is -2.63. The van der Waals surface area contributed by atoms with Crippen LogP contribution in [0.15, 0.2) is 57.6 Å². The summed E-state index contributed by atoms with van der Waals surface area (Å²) in [6.07, 6.45) is 4.60. The molecule has 3 aliphatic carbocycles. The fourth-order valence-corrected chi connectivity index (χ4v) is 11.9. The highest BCUT2D eigenvalue weighted by molar-refractivity contribution is 5.97. The van der Waals surface area contributed by atoms with E-state index >= 15 is 0 Å². The van der Waals surface area contributed by atoms with Crippen LogP contribution in [0.2, 0.25) is 0 Å². The van der Waals surface area contributed by atoms with E-state index in [0.717, 1.165) is 24.2 Å². The van der Waals surface area contributed by atoms with Gasteiger partial charge in [0, 0.05) is 37.7 Å². The summed E-state index contributed by atoms with van der Waals surface area (Å²) in [4.78, 5) is 94.6. The highest BCUT2D eigenvalue weighted by atomic mass is 35.5. The molecule has 2 aromatic carbocycles. The maximum atomic E-state index is 14.6. The van der Waals surface area contributed by atoms with Crippen LogP contribution in [0.3, 0.4) is 0 Å². The lowest BCUT2D eigenvalue weighted by molar-refractivity contribution is -0.166. The van der Waals surface area contributed by atoms with E-state index in [-0.39, 0.29) is 99.6 Å². The molecular formula is C55H83ClN14O10. The van der Waals surface area contributed by atoms with Crippen molar-refractivity contribution in [3.63, 3.8) is 0 Å². The molecule has 440 valence electrons. The average molecular weight is 1140 g/mol. The number of hydrogen-bond acceptors (Lipinski definition) is 14. The minimum Gasteiger partial charge on any atom is -0.504 e. The number of phenolic OH excluding ortho intramolecular Hbond substituents is 1. The van der Waals surface area contributed by atoms with Crippen LogP contribution in [0.4, 0.5) is 4.79 Å². The van der Waals surface area contributed by atoms with Gasteiger partial charge < -0.3 is 69.2 Å². The molecule has 24 nitrogen and oxygen atoms in total. The first-order chi connectivity index (χ1) is 37.7.